The van der Waals surface area contributed by atoms with Gasteiger partial charge in [0.1, 0.15) is 17.2 Å². The number of anilines is 1. The predicted molar refractivity (Wildman–Crippen MR) is 128 cm³/mol. The molecule has 1 aliphatic carbocycles. The van der Waals surface area contributed by atoms with Crippen LogP contribution >= 0.6 is 0 Å². The summed E-state index contributed by atoms with van der Waals surface area (Å²) in [5.41, 5.74) is 8.22. The molecule has 11 heteroatoms. The topological polar surface area (TPSA) is 113 Å². The van der Waals surface area contributed by atoms with E-state index in [2.05, 4.69) is 15.0 Å². The number of ether oxygens (including phenoxy) is 3. The maximum absolute atomic E-state index is 13.5. The van der Waals surface area contributed by atoms with Crippen LogP contribution in [-0.2, 0) is 0 Å². The minimum Gasteiger partial charge on any atom is -0.493 e. The van der Waals surface area contributed by atoms with Gasteiger partial charge in [-0.05, 0) is 73.6 Å². The Hall–Kier alpha value is -4.28. The number of carbonyl (C=O) groups is 2. The summed E-state index contributed by atoms with van der Waals surface area (Å²) in [6, 6.07) is 8.29. The van der Waals surface area contributed by atoms with Gasteiger partial charge >= 0.3 is 6.36 Å². The molecule has 194 valence electrons. The molecule has 0 saturated heterocycles. The Morgan fingerprint density at radius 3 is 2.38 bits per heavy atom. The second-order valence-electron chi connectivity index (χ2n) is 8.59. The van der Waals surface area contributed by atoms with E-state index >= 15 is 0 Å². The van der Waals surface area contributed by atoms with Gasteiger partial charge in [0, 0.05) is 18.0 Å². The van der Waals surface area contributed by atoms with Crippen LogP contribution in [0.1, 0.15) is 56.3 Å². The van der Waals surface area contributed by atoms with E-state index in [1.165, 1.54) is 25.4 Å². The molecule has 0 bridgehead atoms. The fourth-order valence-electron chi connectivity index (χ4n) is 3.93. The van der Waals surface area contributed by atoms with Gasteiger partial charge < -0.3 is 25.3 Å². The fraction of sp³-hybridized carbons (Fsp3) is 0.269. The van der Waals surface area contributed by atoms with Crippen LogP contribution in [0.15, 0.2) is 42.6 Å². The highest BCUT2D eigenvalue weighted by Crippen LogP contribution is 2.45. The lowest BCUT2D eigenvalue weighted by atomic mass is 9.97. The zero-order valence-corrected chi connectivity index (χ0v) is 20.2. The summed E-state index contributed by atoms with van der Waals surface area (Å²) in [6.07, 6.45) is -1.44. The third kappa shape index (κ3) is 5.93. The molecule has 1 saturated carbocycles. The normalized spacial score (nSPS) is 13.1. The number of rotatable bonds is 8. The molecular weight excluding hydrogens is 491 g/mol. The summed E-state index contributed by atoms with van der Waals surface area (Å²) in [5, 5.41) is 2.80. The average molecular weight is 515 g/mol. The van der Waals surface area contributed by atoms with Crippen LogP contribution in [0.2, 0.25) is 0 Å². The minimum atomic E-state index is -4.87. The van der Waals surface area contributed by atoms with Gasteiger partial charge in [-0.1, -0.05) is 6.07 Å². The lowest BCUT2D eigenvalue weighted by Gasteiger charge is -2.19. The van der Waals surface area contributed by atoms with Gasteiger partial charge in [0.15, 0.2) is 11.5 Å². The van der Waals surface area contributed by atoms with Crippen LogP contribution in [0.25, 0.3) is 0 Å². The van der Waals surface area contributed by atoms with Crippen molar-refractivity contribution in [1.29, 1.82) is 0 Å². The molecule has 0 aliphatic heterocycles. The number of primary amides is 1. The average Bonchev–Trinajstić information content (AvgIpc) is 3.65. The number of nitrogens with one attached hydrogen (secondary N) is 1. The van der Waals surface area contributed by atoms with Crippen LogP contribution in [0.3, 0.4) is 0 Å². The number of halogens is 3. The van der Waals surface area contributed by atoms with Gasteiger partial charge in [0.2, 0.25) is 0 Å². The van der Waals surface area contributed by atoms with Gasteiger partial charge in [-0.25, -0.2) is 0 Å². The van der Waals surface area contributed by atoms with E-state index in [1.54, 1.807) is 19.9 Å². The third-order valence-corrected chi connectivity index (χ3v) is 5.91. The molecule has 3 aromatic rings. The van der Waals surface area contributed by atoms with Crippen LogP contribution < -0.4 is 25.3 Å². The van der Waals surface area contributed by atoms with E-state index in [0.717, 1.165) is 30.5 Å². The van der Waals surface area contributed by atoms with Gasteiger partial charge in [-0.2, -0.15) is 0 Å². The maximum atomic E-state index is 13.5. The van der Waals surface area contributed by atoms with Crippen molar-refractivity contribution in [2.75, 3.05) is 12.4 Å². The Balaban J connectivity index is 1.71. The first kappa shape index (κ1) is 25.8. The third-order valence-electron chi connectivity index (χ3n) is 5.91. The quantitative estimate of drug-likeness (QED) is 0.402. The number of amides is 2. The number of hydrogen-bond acceptors (Lipinski definition) is 6. The van der Waals surface area contributed by atoms with Crippen molar-refractivity contribution in [3.63, 3.8) is 0 Å². The number of carbonyl (C=O) groups excluding carboxylic acids is 2. The van der Waals surface area contributed by atoms with Crippen molar-refractivity contribution in [3.05, 3.63) is 70.5 Å². The first-order valence-corrected chi connectivity index (χ1v) is 11.3. The number of hydrogen-bond donors (Lipinski definition) is 2. The molecule has 37 heavy (non-hydrogen) atoms. The maximum Gasteiger partial charge on any atom is 0.573 e. The van der Waals surface area contributed by atoms with Crippen LogP contribution in [0, 0.1) is 13.8 Å². The smallest absolute Gasteiger partial charge is 0.493 e. The van der Waals surface area contributed by atoms with Crippen LogP contribution in [0.4, 0.5) is 18.9 Å². The molecule has 8 nitrogen and oxygen atoms in total. The zero-order chi connectivity index (χ0) is 26.9. The van der Waals surface area contributed by atoms with Crippen molar-refractivity contribution in [1.82, 2.24) is 4.98 Å². The van der Waals surface area contributed by atoms with Crippen LogP contribution in [0.5, 0.6) is 23.0 Å². The molecule has 0 radical (unpaired) electrons. The summed E-state index contributed by atoms with van der Waals surface area (Å²) in [6.45, 7) is 3.52. The Morgan fingerprint density at radius 2 is 1.76 bits per heavy atom. The lowest BCUT2D eigenvalue weighted by molar-refractivity contribution is -0.274. The minimum absolute atomic E-state index is 0.00766. The van der Waals surface area contributed by atoms with Gasteiger partial charge in [0.05, 0.1) is 12.7 Å². The van der Waals surface area contributed by atoms with E-state index in [9.17, 15) is 22.8 Å². The number of pyridine rings is 1. The Kier molecular flexibility index (Phi) is 6.97. The van der Waals surface area contributed by atoms with E-state index in [-0.39, 0.29) is 28.5 Å². The Bertz CT molecular complexity index is 1370. The predicted octanol–water partition coefficient (Wildman–Crippen LogP) is 5.63. The van der Waals surface area contributed by atoms with E-state index in [1.807, 2.05) is 6.07 Å². The molecule has 1 heterocycles. The van der Waals surface area contributed by atoms with Crippen molar-refractivity contribution >= 4 is 17.5 Å². The number of methoxy groups -OCH3 is 1. The summed E-state index contributed by atoms with van der Waals surface area (Å²) >= 11 is 0. The van der Waals surface area contributed by atoms with Gasteiger partial charge in [0.25, 0.3) is 11.8 Å². The van der Waals surface area contributed by atoms with Crippen molar-refractivity contribution in [2.24, 2.45) is 5.73 Å². The SMILES string of the molecule is COc1cc(OC(F)(F)F)ccc1Oc1ccc(C2CC2)c(C)c1C(=O)Nc1cc(C(N)=O)ncc1C. The van der Waals surface area contributed by atoms with E-state index in [4.69, 9.17) is 15.2 Å². The second-order valence-corrected chi connectivity index (χ2v) is 8.59. The monoisotopic (exact) mass is 515 g/mol. The summed E-state index contributed by atoms with van der Waals surface area (Å²) in [5.74, 6) is -1.16. The molecule has 2 amide bonds. The first-order valence-electron chi connectivity index (χ1n) is 11.3. The number of alkyl halides is 3. The standard InChI is InChI=1S/C26H24F3N3O5/c1-13-12-31-19(24(30)33)11-18(13)32-25(34)23-14(2)17(15-4-5-15)7-9-21(23)36-20-8-6-16(10-22(20)35-3)37-26(27,28)29/h6-12,15H,4-5H2,1-3H3,(H2,30,33)(H,31,32,34). The molecule has 3 N–H and O–H groups in total. The Labute approximate surface area is 210 Å². The van der Waals surface area contributed by atoms with E-state index < -0.39 is 23.9 Å². The van der Waals surface area contributed by atoms with Gasteiger partial charge in [-0.3, -0.25) is 14.6 Å². The Morgan fingerprint density at radius 1 is 1.05 bits per heavy atom. The highest BCUT2D eigenvalue weighted by Gasteiger charge is 2.32. The number of aromatic nitrogens is 1. The molecule has 1 aliphatic rings. The fourth-order valence-corrected chi connectivity index (χ4v) is 3.93. The molecule has 1 fully saturated rings. The summed E-state index contributed by atoms with van der Waals surface area (Å²) < 4.78 is 53.0. The second kappa shape index (κ2) is 10.00. The number of aryl methyl sites for hydroxylation is 1. The zero-order valence-electron chi connectivity index (χ0n) is 20.2. The summed E-state index contributed by atoms with van der Waals surface area (Å²) in [4.78, 5) is 29.1. The molecule has 4 rings (SSSR count). The molecular formula is C26H24F3N3O5. The van der Waals surface area contributed by atoms with Gasteiger partial charge in [-0.15, -0.1) is 13.2 Å². The number of nitrogens with zero attached hydrogens (tertiary/aromatic N) is 1. The highest BCUT2D eigenvalue weighted by molar-refractivity contribution is 6.08. The first-order chi connectivity index (χ1) is 17.5. The highest BCUT2D eigenvalue weighted by atomic mass is 19.4. The molecule has 2 aromatic carbocycles. The van der Waals surface area contributed by atoms with E-state index in [0.29, 0.717) is 22.7 Å². The number of benzene rings is 2. The van der Waals surface area contributed by atoms with Crippen LogP contribution in [-0.4, -0.2) is 30.3 Å². The van der Waals surface area contributed by atoms with Crippen molar-refractivity contribution in [3.8, 4) is 23.0 Å². The van der Waals surface area contributed by atoms with Crippen molar-refractivity contribution in [2.45, 2.75) is 39.0 Å². The molecule has 0 atom stereocenters. The lowest BCUT2D eigenvalue weighted by Crippen LogP contribution is -2.18. The largest absolute Gasteiger partial charge is 0.573 e. The molecule has 0 unspecified atom stereocenters. The number of nitrogens with two attached hydrogens (primary N) is 1. The molecule has 0 spiro atoms. The molecule has 1 aromatic heterocycles. The van der Waals surface area contributed by atoms with Crippen molar-refractivity contribution < 1.29 is 37.0 Å². The summed E-state index contributed by atoms with van der Waals surface area (Å²) in [7, 11) is 1.27.